The first-order chi connectivity index (χ1) is 52.1. The Labute approximate surface area is 649 Å². The number of likely N-dealkylation sites (N-methyl/N-ethyl adjacent to an activating group) is 3. The molecule has 0 unspecified atom stereocenters. The molecule has 3 saturated heterocycles. The molecule has 0 bridgehead atoms. The smallest absolute Gasteiger partial charge is 0.248 e. The second-order valence-corrected chi connectivity index (χ2v) is 31.5. The summed E-state index contributed by atoms with van der Waals surface area (Å²) in [5.74, 6) is -13.1. The van der Waals surface area contributed by atoms with Gasteiger partial charge in [-0.05, 0) is 112 Å². The Balaban J connectivity index is 1.41. The standard InChI is InChI=1S/C83H122N12O15/c1-16-51(7)70(68(98)43-53(9)79(106)94-38-28-21-29-39-94)88-74(101)60(41-49(3)4)47-67(97)61(44-57-31-22-18-23-32-57)85-75(102)62-48-69(99)84-54(10)73(100)89-71(52(8)17-2)82(109)91(13)55(11)80(107)92(14)66(46-59-35-26-20-27-36-59)78(105)90-72(56(12)96)83(110)93(15)65(45-58-33-24-19-25-34-58)77(104)87-63(42-50(5)6)81(108)95-40-30-37-64(95)76(103)86-62/h18-20,22-27,31-36,49-56,60-66,70-72,96H,16-17,21,28-30,37-48H2,1-15H3,(H,84,99)(H,85,102)(H,86,103)(H,87,104)(H,88,101)(H,89,100)(H,90,105)/t51-,52-,53+,54-,55-,56+,60+,61-,62-,63-,64-,65-,66-,70-,71-,72-/m0/s1. The fourth-order valence-corrected chi connectivity index (χ4v) is 14.6. The van der Waals surface area contributed by atoms with Gasteiger partial charge in [-0.2, -0.15) is 0 Å². The van der Waals surface area contributed by atoms with Crippen LogP contribution in [-0.4, -0.2) is 225 Å². The molecule has 3 aromatic rings. The Kier molecular flexibility index (Phi) is 34.7. The number of aliphatic hydroxyl groups is 1. The molecule has 0 radical (unpaired) electrons. The fourth-order valence-electron chi connectivity index (χ4n) is 14.6. The number of hydrogen-bond donors (Lipinski definition) is 8. The number of likely N-dealkylation sites (tertiary alicyclic amines) is 1. The van der Waals surface area contributed by atoms with E-state index in [1.807, 2.05) is 41.5 Å². The van der Waals surface area contributed by atoms with Gasteiger partial charge < -0.3 is 66.8 Å². The number of carbonyl (C=O) groups is 14. The van der Waals surface area contributed by atoms with Crippen molar-refractivity contribution in [1.82, 2.24) is 61.7 Å². The van der Waals surface area contributed by atoms with E-state index < -0.39 is 174 Å². The molecule has 3 aromatic carbocycles. The summed E-state index contributed by atoms with van der Waals surface area (Å²) < 4.78 is 0. The molecule has 12 amide bonds. The molecule has 3 aliphatic heterocycles. The number of Topliss-reactive ketones (excluding diaryl/α,β-unsaturated/α-hetero) is 2. The van der Waals surface area contributed by atoms with Gasteiger partial charge in [-0.1, -0.05) is 166 Å². The van der Waals surface area contributed by atoms with Crippen molar-refractivity contribution in [3.63, 3.8) is 0 Å². The second-order valence-electron chi connectivity index (χ2n) is 31.5. The summed E-state index contributed by atoms with van der Waals surface area (Å²) in [6, 6.07) is 10.6. The van der Waals surface area contributed by atoms with Crippen LogP contribution in [0.15, 0.2) is 91.0 Å². The van der Waals surface area contributed by atoms with Crippen LogP contribution in [0.2, 0.25) is 0 Å². The molecular weight excluding hydrogens is 1400 g/mol. The van der Waals surface area contributed by atoms with Crippen molar-refractivity contribution >= 4 is 82.5 Å². The summed E-state index contributed by atoms with van der Waals surface area (Å²) in [7, 11) is 4.05. The van der Waals surface area contributed by atoms with Crippen molar-refractivity contribution in [3.8, 4) is 0 Å². The van der Waals surface area contributed by atoms with Crippen molar-refractivity contribution in [3.05, 3.63) is 108 Å². The summed E-state index contributed by atoms with van der Waals surface area (Å²) in [4.78, 5) is 214. The number of amides is 12. The van der Waals surface area contributed by atoms with Gasteiger partial charge in [-0.25, -0.2) is 0 Å². The summed E-state index contributed by atoms with van der Waals surface area (Å²) in [5, 5.41) is 30.9. The van der Waals surface area contributed by atoms with Gasteiger partial charge in [-0.3, -0.25) is 67.1 Å². The van der Waals surface area contributed by atoms with Crippen LogP contribution in [0.5, 0.6) is 0 Å². The average molecular weight is 1530 g/mol. The lowest BCUT2D eigenvalue weighted by molar-refractivity contribution is -0.150. The van der Waals surface area contributed by atoms with E-state index in [4.69, 9.17) is 0 Å². The summed E-state index contributed by atoms with van der Waals surface area (Å²) in [5.41, 5.74) is 1.79. The maximum atomic E-state index is 15.4. The molecule has 27 nitrogen and oxygen atoms in total. The van der Waals surface area contributed by atoms with Crippen molar-refractivity contribution in [2.75, 3.05) is 40.8 Å². The highest BCUT2D eigenvalue weighted by molar-refractivity contribution is 6.02. The van der Waals surface area contributed by atoms with Crippen molar-refractivity contribution in [2.24, 2.45) is 35.5 Å². The first-order valence-electron chi connectivity index (χ1n) is 39.4. The Morgan fingerprint density at radius 3 is 1.62 bits per heavy atom. The molecule has 0 aromatic heterocycles. The van der Waals surface area contributed by atoms with Crippen LogP contribution in [-0.2, 0) is 86.4 Å². The molecule has 604 valence electrons. The van der Waals surface area contributed by atoms with Gasteiger partial charge in [0.15, 0.2) is 11.6 Å². The molecule has 0 aliphatic carbocycles. The number of hydrogen-bond acceptors (Lipinski definition) is 15. The van der Waals surface area contributed by atoms with E-state index in [1.165, 1.54) is 46.8 Å². The van der Waals surface area contributed by atoms with Crippen molar-refractivity contribution in [2.45, 2.75) is 252 Å². The van der Waals surface area contributed by atoms with Gasteiger partial charge in [0.2, 0.25) is 70.9 Å². The van der Waals surface area contributed by atoms with Crippen molar-refractivity contribution in [1.29, 1.82) is 0 Å². The number of nitrogens with one attached hydrogen (secondary N) is 7. The number of aliphatic hydroxyl groups excluding tert-OH is 1. The molecule has 16 atom stereocenters. The molecule has 0 saturated carbocycles. The van der Waals surface area contributed by atoms with E-state index >= 15 is 28.8 Å². The van der Waals surface area contributed by atoms with E-state index in [2.05, 4.69) is 37.2 Å². The minimum absolute atomic E-state index is 0.00354. The minimum atomic E-state index is -1.84. The van der Waals surface area contributed by atoms with Gasteiger partial charge in [0.1, 0.15) is 54.4 Å². The molecule has 110 heavy (non-hydrogen) atoms. The second kappa shape index (κ2) is 42.7. The normalized spacial score (nSPS) is 24.3. The van der Waals surface area contributed by atoms with E-state index in [0.717, 1.165) is 34.0 Å². The molecule has 6 rings (SSSR count). The largest absolute Gasteiger partial charge is 0.391 e. The van der Waals surface area contributed by atoms with Gasteiger partial charge in [0, 0.05) is 78.3 Å². The number of fused-ring (bicyclic) bond motifs is 1. The fraction of sp³-hybridized carbons (Fsp3) is 0.614. The molecule has 3 fully saturated rings. The average Bonchev–Trinajstić information content (AvgIpc) is 1.20. The minimum Gasteiger partial charge on any atom is -0.391 e. The molecule has 27 heteroatoms. The van der Waals surface area contributed by atoms with Gasteiger partial charge >= 0.3 is 0 Å². The van der Waals surface area contributed by atoms with Crippen LogP contribution in [0.3, 0.4) is 0 Å². The van der Waals surface area contributed by atoms with E-state index in [9.17, 15) is 43.5 Å². The third-order valence-electron chi connectivity index (χ3n) is 21.9. The highest BCUT2D eigenvalue weighted by Gasteiger charge is 2.45. The number of nitrogens with zero attached hydrogens (tertiary/aromatic N) is 5. The highest BCUT2D eigenvalue weighted by atomic mass is 16.3. The molecule has 3 heterocycles. The summed E-state index contributed by atoms with van der Waals surface area (Å²) in [6.07, 6.45) is 0.780. The highest BCUT2D eigenvalue weighted by Crippen LogP contribution is 2.26. The van der Waals surface area contributed by atoms with Crippen LogP contribution < -0.4 is 37.2 Å². The van der Waals surface area contributed by atoms with Crippen LogP contribution in [0.1, 0.15) is 177 Å². The quantitative estimate of drug-likeness (QED) is 0.0537. The van der Waals surface area contributed by atoms with Gasteiger partial charge in [0.25, 0.3) is 0 Å². The lowest BCUT2D eigenvalue weighted by Gasteiger charge is -2.37. The van der Waals surface area contributed by atoms with E-state index in [0.29, 0.717) is 42.6 Å². The lowest BCUT2D eigenvalue weighted by atomic mass is 9.86. The maximum Gasteiger partial charge on any atom is 0.248 e. The number of ketones is 2. The number of carbonyl (C=O) groups excluding carboxylic acids is 14. The Hall–Kier alpha value is -9.40. The third kappa shape index (κ3) is 25.3. The van der Waals surface area contributed by atoms with E-state index in [1.54, 1.807) is 117 Å². The van der Waals surface area contributed by atoms with E-state index in [-0.39, 0.29) is 87.4 Å². The number of rotatable bonds is 26. The lowest BCUT2D eigenvalue weighted by Crippen LogP contribution is -2.63. The predicted molar refractivity (Wildman–Crippen MR) is 416 cm³/mol. The monoisotopic (exact) mass is 1530 g/mol. The first kappa shape index (κ1) is 89.5. The number of benzene rings is 3. The maximum absolute atomic E-state index is 15.4. The van der Waals surface area contributed by atoms with Crippen LogP contribution >= 0.6 is 0 Å². The topological polar surface area (TPSA) is 360 Å². The summed E-state index contributed by atoms with van der Waals surface area (Å²) >= 11 is 0. The summed E-state index contributed by atoms with van der Waals surface area (Å²) in [6.45, 7) is 21.6. The Morgan fingerprint density at radius 2 is 1.08 bits per heavy atom. The van der Waals surface area contributed by atoms with Crippen LogP contribution in [0.4, 0.5) is 0 Å². The van der Waals surface area contributed by atoms with Gasteiger partial charge in [0.05, 0.1) is 24.6 Å². The predicted octanol–water partition coefficient (Wildman–Crippen LogP) is 4.77. The molecule has 0 spiro atoms. The molecular formula is C83H122N12O15. The van der Waals surface area contributed by atoms with Crippen LogP contribution in [0.25, 0.3) is 0 Å². The zero-order valence-corrected chi connectivity index (χ0v) is 67.2. The Morgan fingerprint density at radius 1 is 0.545 bits per heavy atom. The number of piperidine rings is 1. The van der Waals surface area contributed by atoms with Crippen molar-refractivity contribution < 1.29 is 72.2 Å². The third-order valence-corrected chi connectivity index (χ3v) is 21.9. The Bertz CT molecular complexity index is 3650. The molecule has 8 N–H and O–H groups in total. The SMILES string of the molecule is CC[C@H](C)[C@H](NC(=O)[C@@H](CC(=O)[C@H](Cc1ccccc1)NC(=O)[C@@H]1CC(=O)N[C@@H](C)C(=O)N[C@@H]([C@@H](C)CC)C(=O)N(C)[C@@H](C)C(=O)N(C)[C@@H](Cc2ccccc2)C(=O)N[C@@H]([C@@H](C)O)C(=O)N(C)[C@@H](Cc2ccccc2)C(=O)N[C@@H](CC(C)C)C(=O)N2CCC[C@H]2C(=O)N1)CC(C)C)C(=O)C[C@@H](C)C(=O)N1CCCCC1. The van der Waals surface area contributed by atoms with Gasteiger partial charge in [-0.15, -0.1) is 0 Å². The van der Waals surface area contributed by atoms with Crippen LogP contribution in [0, 0.1) is 35.5 Å². The zero-order chi connectivity index (χ0) is 81.4. The first-order valence-corrected chi connectivity index (χ1v) is 39.4. The molecule has 3 aliphatic rings. The zero-order valence-electron chi connectivity index (χ0n) is 67.2.